The van der Waals surface area contributed by atoms with Crippen molar-refractivity contribution in [3.8, 4) is 0 Å². The molecule has 1 aliphatic carbocycles. The lowest BCUT2D eigenvalue weighted by Gasteiger charge is -2.20. The Morgan fingerprint density at radius 1 is 1.12 bits per heavy atom. The SMILES string of the molecule is CC/C(C)=C(/C=C(\C=C(/C)C(=O)NC)C(=O)NC1C2COCC21)C(CF)c1ccccc1. The van der Waals surface area contributed by atoms with E-state index in [4.69, 9.17) is 4.74 Å². The number of alkyl halides is 1. The maximum Gasteiger partial charge on any atom is 0.251 e. The summed E-state index contributed by atoms with van der Waals surface area (Å²) in [6, 6.07) is 9.57. The molecule has 3 rings (SSSR count). The largest absolute Gasteiger partial charge is 0.381 e. The number of ether oxygens (including phenoxy) is 1. The molecule has 6 heteroatoms. The number of fused-ring (bicyclic) bond motifs is 1. The predicted molar refractivity (Wildman–Crippen MR) is 124 cm³/mol. The Morgan fingerprint density at radius 2 is 1.78 bits per heavy atom. The molecule has 1 aliphatic heterocycles. The molecule has 0 aromatic heterocycles. The predicted octanol–water partition coefficient (Wildman–Crippen LogP) is 3.85. The van der Waals surface area contributed by atoms with Crippen LogP contribution in [0.5, 0.6) is 0 Å². The van der Waals surface area contributed by atoms with Gasteiger partial charge < -0.3 is 15.4 Å². The summed E-state index contributed by atoms with van der Waals surface area (Å²) in [5.41, 5.74) is 3.40. The van der Waals surface area contributed by atoms with E-state index >= 15 is 0 Å². The highest BCUT2D eigenvalue weighted by Crippen LogP contribution is 2.44. The van der Waals surface area contributed by atoms with Gasteiger partial charge in [-0.1, -0.05) is 42.8 Å². The summed E-state index contributed by atoms with van der Waals surface area (Å²) >= 11 is 0. The Kier molecular flexibility index (Phi) is 8.02. The van der Waals surface area contributed by atoms with Crippen molar-refractivity contribution >= 4 is 11.8 Å². The third-order valence-electron chi connectivity index (χ3n) is 6.54. The molecular formula is C26H33FN2O3. The molecule has 32 heavy (non-hydrogen) atoms. The summed E-state index contributed by atoms with van der Waals surface area (Å²) in [5.74, 6) is -0.275. The van der Waals surface area contributed by atoms with Gasteiger partial charge >= 0.3 is 0 Å². The van der Waals surface area contributed by atoms with E-state index in [0.29, 0.717) is 36.2 Å². The highest BCUT2D eigenvalue weighted by molar-refractivity contribution is 6.01. The molecule has 0 radical (unpaired) electrons. The Hall–Kier alpha value is -2.73. The van der Waals surface area contributed by atoms with E-state index < -0.39 is 12.6 Å². The molecule has 2 amide bonds. The van der Waals surface area contributed by atoms with Crippen LogP contribution in [0.4, 0.5) is 4.39 Å². The molecule has 1 saturated carbocycles. The lowest BCUT2D eigenvalue weighted by Crippen LogP contribution is -2.31. The first-order valence-electron chi connectivity index (χ1n) is 11.2. The van der Waals surface area contributed by atoms with Crippen LogP contribution < -0.4 is 10.6 Å². The number of carbonyl (C=O) groups excluding carboxylic acids is 2. The zero-order valence-electron chi connectivity index (χ0n) is 19.3. The third-order valence-corrected chi connectivity index (χ3v) is 6.54. The molecule has 0 bridgehead atoms. The molecule has 0 spiro atoms. The minimum Gasteiger partial charge on any atom is -0.381 e. The fourth-order valence-corrected chi connectivity index (χ4v) is 4.29. The second-order valence-electron chi connectivity index (χ2n) is 8.58. The van der Waals surface area contributed by atoms with E-state index in [9.17, 15) is 14.0 Å². The molecule has 2 fully saturated rings. The standard InChI is InChI=1S/C26H33FN2O3/c1-5-16(2)20(21(13-27)18-9-7-6-8-10-18)12-19(11-17(3)25(30)28-4)26(31)29-24-22-14-32-15-23(22)24/h6-12,21-24H,5,13-15H2,1-4H3,(H,28,30)(H,29,31)/b17-11+,19-12+,20-16-. The van der Waals surface area contributed by atoms with Crippen molar-refractivity contribution in [3.63, 3.8) is 0 Å². The molecule has 172 valence electrons. The van der Waals surface area contributed by atoms with Crippen LogP contribution in [0.3, 0.4) is 0 Å². The number of benzene rings is 1. The monoisotopic (exact) mass is 440 g/mol. The van der Waals surface area contributed by atoms with Crippen molar-refractivity contribution in [2.24, 2.45) is 11.8 Å². The second kappa shape index (κ2) is 10.7. The molecule has 5 nitrogen and oxygen atoms in total. The van der Waals surface area contributed by atoms with Gasteiger partial charge in [0.05, 0.1) is 13.2 Å². The topological polar surface area (TPSA) is 67.4 Å². The van der Waals surface area contributed by atoms with Crippen LogP contribution >= 0.6 is 0 Å². The summed E-state index contributed by atoms with van der Waals surface area (Å²) in [7, 11) is 1.55. The molecule has 1 saturated heterocycles. The number of carbonyl (C=O) groups is 2. The normalized spacial score (nSPS) is 24.3. The van der Waals surface area contributed by atoms with Crippen LogP contribution in [0.2, 0.25) is 0 Å². The molecule has 2 N–H and O–H groups in total. The van der Waals surface area contributed by atoms with Gasteiger partial charge in [-0.3, -0.25) is 14.0 Å². The summed E-state index contributed by atoms with van der Waals surface area (Å²) in [6.45, 7) is 6.40. The number of allylic oxidation sites excluding steroid dienone is 3. The minimum absolute atomic E-state index is 0.0964. The van der Waals surface area contributed by atoms with Crippen molar-refractivity contribution < 1.29 is 18.7 Å². The average molecular weight is 441 g/mol. The minimum atomic E-state index is -0.579. The summed E-state index contributed by atoms with van der Waals surface area (Å²) in [5, 5.41) is 5.68. The Bertz CT molecular complexity index is 926. The van der Waals surface area contributed by atoms with Crippen molar-refractivity contribution in [1.29, 1.82) is 0 Å². The highest BCUT2D eigenvalue weighted by atomic mass is 19.1. The van der Waals surface area contributed by atoms with E-state index in [1.54, 1.807) is 26.1 Å². The number of nitrogens with one attached hydrogen (secondary N) is 2. The first-order valence-corrected chi connectivity index (χ1v) is 11.2. The van der Waals surface area contributed by atoms with Gasteiger partial charge in [-0.25, -0.2) is 0 Å². The first-order chi connectivity index (χ1) is 15.4. The van der Waals surface area contributed by atoms with Crippen LogP contribution in [0.15, 0.2) is 64.8 Å². The quantitative estimate of drug-likeness (QED) is 0.453. The van der Waals surface area contributed by atoms with Crippen LogP contribution in [0.25, 0.3) is 0 Å². The summed E-state index contributed by atoms with van der Waals surface area (Å²) in [6.07, 6.45) is 4.07. The van der Waals surface area contributed by atoms with Gasteiger partial charge in [-0.05, 0) is 43.6 Å². The van der Waals surface area contributed by atoms with E-state index in [1.807, 2.05) is 44.2 Å². The van der Waals surface area contributed by atoms with E-state index in [2.05, 4.69) is 10.6 Å². The van der Waals surface area contributed by atoms with Crippen molar-refractivity contribution in [1.82, 2.24) is 10.6 Å². The zero-order valence-corrected chi connectivity index (χ0v) is 19.3. The van der Waals surface area contributed by atoms with Crippen LogP contribution in [-0.2, 0) is 14.3 Å². The number of hydrogen-bond acceptors (Lipinski definition) is 3. The van der Waals surface area contributed by atoms with Crippen LogP contribution in [-0.4, -0.2) is 44.8 Å². The maximum absolute atomic E-state index is 14.3. The molecular weight excluding hydrogens is 407 g/mol. The van der Waals surface area contributed by atoms with Gasteiger partial charge in [0.15, 0.2) is 0 Å². The van der Waals surface area contributed by atoms with Crippen molar-refractivity contribution in [2.75, 3.05) is 26.9 Å². The summed E-state index contributed by atoms with van der Waals surface area (Å²) < 4.78 is 19.7. The van der Waals surface area contributed by atoms with Crippen molar-refractivity contribution in [3.05, 3.63) is 70.3 Å². The van der Waals surface area contributed by atoms with E-state index in [0.717, 1.165) is 23.1 Å². The van der Waals surface area contributed by atoms with E-state index in [-0.39, 0.29) is 17.9 Å². The number of likely N-dealkylation sites (N-methyl/N-ethyl adjacent to an activating group) is 1. The van der Waals surface area contributed by atoms with Gasteiger partial charge in [0, 0.05) is 42.0 Å². The Morgan fingerprint density at radius 3 is 2.34 bits per heavy atom. The molecule has 1 aromatic rings. The Labute approximate surface area is 189 Å². The fraction of sp³-hybridized carbons (Fsp3) is 0.462. The highest BCUT2D eigenvalue weighted by Gasteiger charge is 2.54. The lowest BCUT2D eigenvalue weighted by atomic mass is 9.86. The number of hydrogen-bond donors (Lipinski definition) is 2. The van der Waals surface area contributed by atoms with Crippen molar-refractivity contribution in [2.45, 2.75) is 39.2 Å². The average Bonchev–Trinajstić information content (AvgIpc) is 3.21. The van der Waals surface area contributed by atoms with E-state index in [1.165, 1.54) is 0 Å². The molecule has 2 aliphatic rings. The lowest BCUT2D eigenvalue weighted by molar-refractivity contribution is -0.117. The van der Waals surface area contributed by atoms with Gasteiger partial charge in [0.2, 0.25) is 5.91 Å². The first kappa shape index (κ1) is 23.9. The third kappa shape index (κ3) is 5.36. The van der Waals surface area contributed by atoms with Crippen LogP contribution in [0.1, 0.15) is 38.7 Å². The maximum atomic E-state index is 14.3. The van der Waals surface area contributed by atoms with Gasteiger partial charge in [-0.15, -0.1) is 0 Å². The molecule has 3 atom stereocenters. The Balaban J connectivity index is 1.99. The molecule has 3 unspecified atom stereocenters. The molecule has 1 heterocycles. The second-order valence-corrected chi connectivity index (χ2v) is 8.58. The number of halogens is 1. The van der Waals surface area contributed by atoms with Crippen LogP contribution in [0, 0.1) is 11.8 Å². The smallest absolute Gasteiger partial charge is 0.251 e. The molecule has 1 aromatic carbocycles. The fourth-order valence-electron chi connectivity index (χ4n) is 4.29. The zero-order chi connectivity index (χ0) is 23.3. The number of rotatable bonds is 9. The number of amides is 2. The van der Waals surface area contributed by atoms with Gasteiger partial charge in [0.25, 0.3) is 5.91 Å². The summed E-state index contributed by atoms with van der Waals surface area (Å²) in [4.78, 5) is 25.4. The van der Waals surface area contributed by atoms with Gasteiger partial charge in [0.1, 0.15) is 6.67 Å². The van der Waals surface area contributed by atoms with Gasteiger partial charge in [-0.2, -0.15) is 0 Å².